The molecule has 0 bridgehead atoms. The number of hydrogen-bond donors (Lipinski definition) is 0. The molecule has 0 aliphatic rings. The maximum atomic E-state index is 2.22. The minimum absolute atomic E-state index is 0.274. The highest BCUT2D eigenvalue weighted by atomic mass is 14.1. The summed E-state index contributed by atoms with van der Waals surface area (Å²) in [6.45, 7) is 8.62. The van der Waals surface area contributed by atoms with Crippen LogP contribution >= 0.6 is 0 Å². The van der Waals surface area contributed by atoms with Crippen molar-refractivity contribution in [3.63, 3.8) is 0 Å². The third kappa shape index (κ3) is 8.65. The molecule has 0 amide bonds. The Morgan fingerprint density at radius 2 is 1.10 bits per heavy atom. The third-order valence-corrected chi connectivity index (χ3v) is 2.73. The Hall–Kier alpha value is -2.08. The molecule has 2 aromatic carbocycles. The van der Waals surface area contributed by atoms with Crippen molar-refractivity contribution < 1.29 is 0 Å². The van der Waals surface area contributed by atoms with Gasteiger partial charge in [0.2, 0.25) is 0 Å². The summed E-state index contributed by atoms with van der Waals surface area (Å²) in [4.78, 5) is 0. The monoisotopic (exact) mass is 278 g/mol. The van der Waals surface area contributed by atoms with Gasteiger partial charge in [0.25, 0.3) is 0 Å². The fourth-order valence-corrected chi connectivity index (χ4v) is 1.67. The van der Waals surface area contributed by atoms with Crippen LogP contribution in [0.1, 0.15) is 38.8 Å². The van der Waals surface area contributed by atoms with Gasteiger partial charge in [0, 0.05) is 0 Å². The predicted molar refractivity (Wildman–Crippen MR) is 96.1 cm³/mol. The number of rotatable bonds is 2. The van der Waals surface area contributed by atoms with Gasteiger partial charge in [-0.1, -0.05) is 106 Å². The summed E-state index contributed by atoms with van der Waals surface area (Å²) in [5.74, 6) is 0. The Morgan fingerprint density at radius 1 is 0.667 bits per heavy atom. The summed E-state index contributed by atoms with van der Waals surface area (Å²) < 4.78 is 0. The summed E-state index contributed by atoms with van der Waals surface area (Å²) in [6.07, 6.45) is 8.51. The van der Waals surface area contributed by atoms with Crippen LogP contribution in [-0.2, 0) is 0 Å². The van der Waals surface area contributed by atoms with Gasteiger partial charge >= 0.3 is 0 Å². The maximum Gasteiger partial charge on any atom is -0.0200 e. The first-order chi connectivity index (χ1) is 10.0. The van der Waals surface area contributed by atoms with E-state index < -0.39 is 0 Å². The molecule has 2 aromatic rings. The molecule has 0 nitrogen and oxygen atoms in total. The van der Waals surface area contributed by atoms with Gasteiger partial charge in [0.05, 0.1) is 0 Å². The Kier molecular flexibility index (Phi) is 7.25. The van der Waals surface area contributed by atoms with Crippen LogP contribution in [0.25, 0.3) is 12.2 Å². The second kappa shape index (κ2) is 8.97. The van der Waals surface area contributed by atoms with Crippen molar-refractivity contribution in [1.29, 1.82) is 0 Å². The van der Waals surface area contributed by atoms with Gasteiger partial charge in [-0.15, -0.1) is 0 Å². The smallest absolute Gasteiger partial charge is 0.0200 e. The van der Waals surface area contributed by atoms with Gasteiger partial charge in [-0.25, -0.2) is 0 Å². The van der Waals surface area contributed by atoms with E-state index in [1.807, 2.05) is 37.3 Å². The van der Waals surface area contributed by atoms with E-state index in [1.165, 1.54) is 11.1 Å². The van der Waals surface area contributed by atoms with Crippen LogP contribution in [0.2, 0.25) is 0 Å². The summed E-state index contributed by atoms with van der Waals surface area (Å²) in [7, 11) is 0. The molecule has 0 atom stereocenters. The van der Waals surface area contributed by atoms with Crippen molar-refractivity contribution in [3.05, 3.63) is 83.9 Å². The molecule has 2 rings (SSSR count). The van der Waals surface area contributed by atoms with Crippen LogP contribution in [0.5, 0.6) is 0 Å². The molecule has 0 heteroatoms. The minimum Gasteiger partial charge on any atom is -0.0871 e. The highest BCUT2D eigenvalue weighted by molar-refractivity contribution is 5.49. The van der Waals surface area contributed by atoms with E-state index in [1.54, 1.807) is 0 Å². The molecule has 0 heterocycles. The maximum absolute atomic E-state index is 2.22. The van der Waals surface area contributed by atoms with Crippen LogP contribution in [0.3, 0.4) is 0 Å². The zero-order valence-electron chi connectivity index (χ0n) is 13.6. The average Bonchev–Trinajstić information content (AvgIpc) is 2.48. The number of hydrogen-bond acceptors (Lipinski definition) is 0. The van der Waals surface area contributed by atoms with Gasteiger partial charge < -0.3 is 0 Å². The Morgan fingerprint density at radius 3 is 1.48 bits per heavy atom. The zero-order chi connectivity index (χ0) is 15.6. The summed E-state index contributed by atoms with van der Waals surface area (Å²) in [6, 6.07) is 20.6. The Labute approximate surface area is 129 Å². The first-order valence-corrected chi connectivity index (χ1v) is 7.43. The highest BCUT2D eigenvalue weighted by Gasteiger charge is 2.02. The van der Waals surface area contributed by atoms with Gasteiger partial charge in [0.15, 0.2) is 0 Å². The molecule has 0 spiro atoms. The zero-order valence-corrected chi connectivity index (χ0v) is 13.6. The van der Waals surface area contributed by atoms with Crippen molar-refractivity contribution in [2.45, 2.75) is 27.7 Å². The SMILES string of the molecule is CC(C)(C)C=Cc1ccccc1.CC=Cc1ccccc1. The van der Waals surface area contributed by atoms with E-state index in [2.05, 4.69) is 75.4 Å². The Bertz CT molecular complexity index is 540. The first-order valence-electron chi connectivity index (χ1n) is 7.43. The fourth-order valence-electron chi connectivity index (χ4n) is 1.67. The fraction of sp³-hybridized carbons (Fsp3) is 0.238. The summed E-state index contributed by atoms with van der Waals surface area (Å²) >= 11 is 0. The molecule has 0 saturated heterocycles. The summed E-state index contributed by atoms with van der Waals surface area (Å²) in [5.41, 5.74) is 2.81. The van der Waals surface area contributed by atoms with E-state index in [0.717, 1.165) is 0 Å². The molecule has 0 N–H and O–H groups in total. The molecule has 0 unspecified atom stereocenters. The molecule has 21 heavy (non-hydrogen) atoms. The van der Waals surface area contributed by atoms with Crippen LogP contribution in [-0.4, -0.2) is 0 Å². The lowest BCUT2D eigenvalue weighted by Gasteiger charge is -2.10. The van der Waals surface area contributed by atoms with Crippen LogP contribution < -0.4 is 0 Å². The number of allylic oxidation sites excluding steroid dienone is 2. The van der Waals surface area contributed by atoms with Crippen molar-refractivity contribution in [2.24, 2.45) is 5.41 Å². The number of benzene rings is 2. The Balaban J connectivity index is 0.000000219. The van der Waals surface area contributed by atoms with E-state index >= 15 is 0 Å². The molecule has 0 saturated carbocycles. The largest absolute Gasteiger partial charge is 0.0871 e. The van der Waals surface area contributed by atoms with E-state index in [-0.39, 0.29) is 5.41 Å². The van der Waals surface area contributed by atoms with Crippen LogP contribution in [0.15, 0.2) is 72.8 Å². The molecule has 0 aliphatic heterocycles. The van der Waals surface area contributed by atoms with Crippen LogP contribution in [0, 0.1) is 5.41 Å². The second-order valence-electron chi connectivity index (χ2n) is 6.02. The summed E-state index contributed by atoms with van der Waals surface area (Å²) in [5, 5.41) is 0. The quantitative estimate of drug-likeness (QED) is 0.591. The lowest BCUT2D eigenvalue weighted by molar-refractivity contribution is 0.547. The molecular formula is C21H26. The second-order valence-corrected chi connectivity index (χ2v) is 6.02. The lowest BCUT2D eigenvalue weighted by atomic mass is 9.95. The van der Waals surface area contributed by atoms with Gasteiger partial charge in [-0.2, -0.15) is 0 Å². The van der Waals surface area contributed by atoms with Gasteiger partial charge in [-0.05, 0) is 23.5 Å². The van der Waals surface area contributed by atoms with Crippen molar-refractivity contribution in [3.8, 4) is 0 Å². The normalized spacial score (nSPS) is 11.4. The molecule has 0 fully saturated rings. The molecule has 0 radical (unpaired) electrons. The minimum atomic E-state index is 0.274. The third-order valence-electron chi connectivity index (χ3n) is 2.73. The topological polar surface area (TPSA) is 0 Å². The van der Waals surface area contributed by atoms with Crippen molar-refractivity contribution in [1.82, 2.24) is 0 Å². The van der Waals surface area contributed by atoms with Crippen LogP contribution in [0.4, 0.5) is 0 Å². The molecular weight excluding hydrogens is 252 g/mol. The van der Waals surface area contributed by atoms with Gasteiger partial charge in [-0.3, -0.25) is 0 Å². The molecule has 0 aromatic heterocycles. The standard InChI is InChI=1S/C12H16.C9H10/c1-12(2,3)10-9-11-7-5-4-6-8-11;1-2-6-9-7-4-3-5-8-9/h4-10H,1-3H3;2-8H,1H3. The van der Waals surface area contributed by atoms with E-state index in [0.29, 0.717) is 0 Å². The van der Waals surface area contributed by atoms with Crippen molar-refractivity contribution >= 4 is 12.2 Å². The van der Waals surface area contributed by atoms with Crippen molar-refractivity contribution in [2.75, 3.05) is 0 Å². The molecule has 110 valence electrons. The highest BCUT2D eigenvalue weighted by Crippen LogP contribution is 2.16. The average molecular weight is 278 g/mol. The molecule has 0 aliphatic carbocycles. The first kappa shape index (κ1) is 17.0. The lowest BCUT2D eigenvalue weighted by Crippen LogP contribution is -1.97. The van der Waals surface area contributed by atoms with E-state index in [9.17, 15) is 0 Å². The predicted octanol–water partition coefficient (Wildman–Crippen LogP) is 6.47. The van der Waals surface area contributed by atoms with E-state index in [4.69, 9.17) is 0 Å². The van der Waals surface area contributed by atoms with Gasteiger partial charge in [0.1, 0.15) is 0 Å².